The van der Waals surface area contributed by atoms with E-state index in [0.717, 1.165) is 16.7 Å². The number of benzene rings is 2. The number of thioether (sulfide) groups is 1. The van der Waals surface area contributed by atoms with Crippen molar-refractivity contribution < 1.29 is 33.0 Å². The van der Waals surface area contributed by atoms with Gasteiger partial charge in [0.25, 0.3) is 11.1 Å². The van der Waals surface area contributed by atoms with E-state index in [1.807, 2.05) is 6.92 Å². The molecule has 0 unspecified atom stereocenters. The molecule has 0 N–H and O–H groups in total. The molecule has 0 aliphatic carbocycles. The summed E-state index contributed by atoms with van der Waals surface area (Å²) in [5.74, 6) is -0.780. The maximum atomic E-state index is 13.8. The van der Waals surface area contributed by atoms with Crippen LogP contribution in [-0.2, 0) is 20.9 Å². The van der Waals surface area contributed by atoms with E-state index in [9.17, 15) is 18.8 Å². The van der Waals surface area contributed by atoms with Crippen LogP contribution in [0, 0.1) is 5.82 Å². The number of carbonyl (C=O) groups excluding carboxylic acids is 3. The summed E-state index contributed by atoms with van der Waals surface area (Å²) in [5, 5.41) is -0.547. The molecule has 1 fully saturated rings. The zero-order chi connectivity index (χ0) is 23.3. The van der Waals surface area contributed by atoms with Gasteiger partial charge in [0, 0.05) is 5.56 Å². The van der Waals surface area contributed by atoms with Gasteiger partial charge >= 0.3 is 5.97 Å². The fraction of sp³-hybridized carbons (Fsp3) is 0.261. The van der Waals surface area contributed by atoms with E-state index >= 15 is 0 Å². The SMILES string of the molecule is CCOc1cc(/C=C2/SC(=O)N([C@@H](C)C(=O)OC)C2=O)ccc1OCc1ccccc1F. The van der Waals surface area contributed by atoms with Crippen molar-refractivity contribution in [2.45, 2.75) is 26.5 Å². The molecule has 1 saturated heterocycles. The average molecular weight is 459 g/mol. The maximum absolute atomic E-state index is 13.8. The highest BCUT2D eigenvalue weighted by molar-refractivity contribution is 8.18. The summed E-state index contributed by atoms with van der Waals surface area (Å²) in [6.45, 7) is 3.63. The highest BCUT2D eigenvalue weighted by atomic mass is 32.2. The molecule has 0 bridgehead atoms. The molecule has 3 rings (SSSR count). The highest BCUT2D eigenvalue weighted by Gasteiger charge is 2.41. The number of rotatable bonds is 8. The Labute approximate surface area is 189 Å². The van der Waals surface area contributed by atoms with E-state index in [-0.39, 0.29) is 17.3 Å². The lowest BCUT2D eigenvalue weighted by Gasteiger charge is -2.18. The largest absolute Gasteiger partial charge is 0.490 e. The number of esters is 1. The summed E-state index contributed by atoms with van der Waals surface area (Å²) < 4.78 is 29.8. The third-order valence-electron chi connectivity index (χ3n) is 4.66. The second kappa shape index (κ2) is 10.3. The highest BCUT2D eigenvalue weighted by Crippen LogP contribution is 2.36. The fourth-order valence-corrected chi connectivity index (χ4v) is 3.92. The van der Waals surface area contributed by atoms with Crippen molar-refractivity contribution in [1.82, 2.24) is 4.90 Å². The Bertz CT molecular complexity index is 1070. The average Bonchev–Trinajstić information content (AvgIpc) is 3.06. The Morgan fingerprint density at radius 3 is 2.59 bits per heavy atom. The molecule has 32 heavy (non-hydrogen) atoms. The van der Waals surface area contributed by atoms with E-state index in [4.69, 9.17) is 9.47 Å². The third kappa shape index (κ3) is 5.11. The van der Waals surface area contributed by atoms with Crippen LogP contribution in [0.4, 0.5) is 9.18 Å². The zero-order valence-corrected chi connectivity index (χ0v) is 18.6. The second-order valence-corrected chi connectivity index (χ2v) is 7.76. The standard InChI is InChI=1S/C23H22FNO6S/c1-4-30-19-11-15(9-10-18(19)31-13-16-7-5-6-8-17(16)24)12-20-21(26)25(23(28)32-20)14(2)22(27)29-3/h5-12,14H,4,13H2,1-3H3/b20-12+/t14-/m0/s1. The Hall–Kier alpha value is -3.33. The van der Waals surface area contributed by atoms with Crippen molar-refractivity contribution >= 4 is 35.0 Å². The number of halogens is 1. The molecule has 0 radical (unpaired) electrons. The molecule has 2 aromatic rings. The van der Waals surface area contributed by atoms with Crippen molar-refractivity contribution in [3.05, 3.63) is 64.3 Å². The van der Waals surface area contributed by atoms with Crippen LogP contribution in [0.5, 0.6) is 11.5 Å². The fourth-order valence-electron chi connectivity index (χ4n) is 3.01. The van der Waals surface area contributed by atoms with Crippen LogP contribution in [0.2, 0.25) is 0 Å². The van der Waals surface area contributed by atoms with Crippen LogP contribution in [-0.4, -0.2) is 41.8 Å². The van der Waals surface area contributed by atoms with Crippen molar-refractivity contribution in [2.75, 3.05) is 13.7 Å². The van der Waals surface area contributed by atoms with Gasteiger partial charge in [0.1, 0.15) is 18.5 Å². The van der Waals surface area contributed by atoms with Crippen molar-refractivity contribution in [2.24, 2.45) is 0 Å². The number of imide groups is 1. The lowest BCUT2D eigenvalue weighted by molar-refractivity contribution is -0.148. The molecule has 0 aromatic heterocycles. The second-order valence-electron chi connectivity index (χ2n) is 6.77. The van der Waals surface area contributed by atoms with Gasteiger partial charge in [-0.05, 0) is 55.4 Å². The number of hydrogen-bond donors (Lipinski definition) is 0. The summed E-state index contributed by atoms with van der Waals surface area (Å²) in [5.41, 5.74) is 1.01. The number of amides is 2. The maximum Gasteiger partial charge on any atom is 0.328 e. The molecule has 2 aromatic carbocycles. The van der Waals surface area contributed by atoms with E-state index in [2.05, 4.69) is 4.74 Å². The van der Waals surface area contributed by atoms with Gasteiger partial charge < -0.3 is 14.2 Å². The lowest BCUT2D eigenvalue weighted by Crippen LogP contribution is -2.42. The summed E-state index contributed by atoms with van der Waals surface area (Å²) in [6.07, 6.45) is 1.54. The van der Waals surface area contributed by atoms with Crippen molar-refractivity contribution in [1.29, 1.82) is 0 Å². The number of methoxy groups -OCH3 is 1. The molecule has 9 heteroatoms. The number of carbonyl (C=O) groups is 3. The van der Waals surface area contributed by atoms with Crippen LogP contribution in [0.25, 0.3) is 6.08 Å². The number of ether oxygens (including phenoxy) is 3. The van der Waals surface area contributed by atoms with Crippen molar-refractivity contribution in [3.63, 3.8) is 0 Å². The predicted octanol–water partition coefficient (Wildman–Crippen LogP) is 4.40. The first-order valence-electron chi connectivity index (χ1n) is 9.83. The predicted molar refractivity (Wildman–Crippen MR) is 118 cm³/mol. The summed E-state index contributed by atoms with van der Waals surface area (Å²) in [4.78, 5) is 37.7. The monoisotopic (exact) mass is 459 g/mol. The Kier molecular flexibility index (Phi) is 7.53. The van der Waals surface area contributed by atoms with Gasteiger partial charge in [-0.25, -0.2) is 9.18 Å². The van der Waals surface area contributed by atoms with Gasteiger partial charge in [-0.1, -0.05) is 24.3 Å². The van der Waals surface area contributed by atoms with E-state index in [1.54, 1.807) is 36.4 Å². The van der Waals surface area contributed by atoms with Gasteiger partial charge in [-0.3, -0.25) is 14.5 Å². The van der Waals surface area contributed by atoms with Crippen LogP contribution >= 0.6 is 11.8 Å². The Morgan fingerprint density at radius 1 is 1.16 bits per heavy atom. The lowest BCUT2D eigenvalue weighted by atomic mass is 10.1. The minimum atomic E-state index is -1.02. The minimum Gasteiger partial charge on any atom is -0.490 e. The van der Waals surface area contributed by atoms with Crippen molar-refractivity contribution in [3.8, 4) is 11.5 Å². The van der Waals surface area contributed by atoms with E-state index in [1.165, 1.54) is 26.2 Å². The summed E-state index contributed by atoms with van der Waals surface area (Å²) >= 11 is 0.742. The first-order valence-corrected chi connectivity index (χ1v) is 10.6. The first kappa shape index (κ1) is 23.3. The molecular weight excluding hydrogens is 437 g/mol. The third-order valence-corrected chi connectivity index (χ3v) is 5.54. The molecule has 7 nitrogen and oxygen atoms in total. The Balaban J connectivity index is 1.81. The number of hydrogen-bond acceptors (Lipinski definition) is 7. The zero-order valence-electron chi connectivity index (χ0n) is 17.8. The van der Waals surface area contributed by atoms with Gasteiger partial charge in [-0.2, -0.15) is 0 Å². The van der Waals surface area contributed by atoms with Crippen LogP contribution in [0.3, 0.4) is 0 Å². The molecule has 1 aliphatic heterocycles. The quantitative estimate of drug-likeness (QED) is 0.427. The van der Waals surface area contributed by atoms with E-state index < -0.39 is 23.2 Å². The molecule has 1 atom stereocenters. The molecule has 1 heterocycles. The molecule has 2 amide bonds. The smallest absolute Gasteiger partial charge is 0.328 e. The van der Waals surface area contributed by atoms with Crippen LogP contribution in [0.1, 0.15) is 25.0 Å². The molecule has 0 saturated carbocycles. The molecule has 0 spiro atoms. The first-order chi connectivity index (χ1) is 15.3. The van der Waals surface area contributed by atoms with Crippen LogP contribution in [0.15, 0.2) is 47.4 Å². The van der Waals surface area contributed by atoms with Gasteiger partial charge in [0.15, 0.2) is 11.5 Å². The van der Waals surface area contributed by atoms with Gasteiger partial charge in [-0.15, -0.1) is 0 Å². The Morgan fingerprint density at radius 2 is 1.91 bits per heavy atom. The summed E-state index contributed by atoms with van der Waals surface area (Å²) in [7, 11) is 1.19. The topological polar surface area (TPSA) is 82.1 Å². The molecule has 168 valence electrons. The normalized spacial score (nSPS) is 15.8. The minimum absolute atomic E-state index is 0.0242. The van der Waals surface area contributed by atoms with Gasteiger partial charge in [0.05, 0.1) is 18.6 Å². The van der Waals surface area contributed by atoms with Gasteiger partial charge in [0.2, 0.25) is 0 Å². The summed E-state index contributed by atoms with van der Waals surface area (Å²) in [6, 6.07) is 10.3. The molecular formula is C23H22FNO6S. The van der Waals surface area contributed by atoms with Crippen LogP contribution < -0.4 is 9.47 Å². The van der Waals surface area contributed by atoms with E-state index in [0.29, 0.717) is 29.2 Å². The molecule has 1 aliphatic rings. The number of nitrogens with zero attached hydrogens (tertiary/aromatic N) is 1.